The second-order valence-electron chi connectivity index (χ2n) is 7.05. The number of hydrogen-bond donors (Lipinski definition) is 1. The van der Waals surface area contributed by atoms with Gasteiger partial charge in [0.1, 0.15) is 5.75 Å². The first kappa shape index (κ1) is 21.5. The largest absolute Gasteiger partial charge is 0.492 e. The highest BCUT2D eigenvalue weighted by molar-refractivity contribution is 5.93. The molecule has 0 saturated carbocycles. The summed E-state index contributed by atoms with van der Waals surface area (Å²) in [5.74, 6) is 0.237. The molecule has 0 fully saturated rings. The maximum Gasteiger partial charge on any atom is 0.248 e. The van der Waals surface area contributed by atoms with E-state index in [2.05, 4.69) is 52.1 Å². The first-order chi connectivity index (χ1) is 14.7. The fourth-order valence-corrected chi connectivity index (χ4v) is 3.18. The number of primary amides is 1. The molecule has 1 aromatic carbocycles. The average molecular weight is 405 g/mol. The Balaban J connectivity index is 1.43. The van der Waals surface area contributed by atoms with Gasteiger partial charge >= 0.3 is 0 Å². The highest BCUT2D eigenvalue weighted by Gasteiger charge is 2.07. The fraction of sp³-hybridized carbons (Fsp3) is 0.292. The summed E-state index contributed by atoms with van der Waals surface area (Å²) < 4.78 is 5.83. The van der Waals surface area contributed by atoms with Gasteiger partial charge in [0.15, 0.2) is 0 Å². The lowest BCUT2D eigenvalue weighted by molar-refractivity contribution is 0.1000. The van der Waals surface area contributed by atoms with Crippen molar-refractivity contribution < 1.29 is 9.53 Å². The van der Waals surface area contributed by atoms with Crippen LogP contribution in [-0.4, -0.2) is 47.0 Å². The molecule has 3 aromatic rings. The Kier molecular flexibility index (Phi) is 7.92. The normalized spacial score (nSPS) is 10.9. The van der Waals surface area contributed by atoms with Gasteiger partial charge in [-0.25, -0.2) is 0 Å². The predicted molar refractivity (Wildman–Crippen MR) is 118 cm³/mol. The molecule has 0 radical (unpaired) electrons. The summed E-state index contributed by atoms with van der Waals surface area (Å²) in [4.78, 5) is 22.4. The van der Waals surface area contributed by atoms with Crippen LogP contribution in [0, 0.1) is 0 Å². The summed E-state index contributed by atoms with van der Waals surface area (Å²) in [7, 11) is 0. The molecule has 0 atom stereocenters. The molecule has 6 heteroatoms. The molecule has 0 spiro atoms. The third-order valence-corrected chi connectivity index (χ3v) is 4.94. The quantitative estimate of drug-likeness (QED) is 0.494. The minimum absolute atomic E-state index is 0.412. The Morgan fingerprint density at radius 1 is 1.03 bits per heavy atom. The van der Waals surface area contributed by atoms with Crippen molar-refractivity contribution >= 4 is 5.91 Å². The molecule has 2 aromatic heterocycles. The van der Waals surface area contributed by atoms with Gasteiger partial charge in [0.05, 0.1) is 24.2 Å². The van der Waals surface area contributed by atoms with E-state index in [4.69, 9.17) is 10.5 Å². The second-order valence-corrected chi connectivity index (χ2v) is 7.05. The fourth-order valence-electron chi connectivity index (χ4n) is 3.18. The lowest BCUT2D eigenvalue weighted by Gasteiger charge is -2.20. The summed E-state index contributed by atoms with van der Waals surface area (Å²) >= 11 is 0. The summed E-state index contributed by atoms with van der Waals surface area (Å²) in [5.41, 5.74) is 8.38. The monoisotopic (exact) mass is 404 g/mol. The van der Waals surface area contributed by atoms with E-state index in [9.17, 15) is 4.79 Å². The van der Waals surface area contributed by atoms with Crippen LogP contribution in [0.3, 0.4) is 0 Å². The van der Waals surface area contributed by atoms with Crippen molar-refractivity contribution in [1.29, 1.82) is 0 Å². The van der Waals surface area contributed by atoms with E-state index < -0.39 is 5.91 Å². The Labute approximate surface area is 177 Å². The highest BCUT2D eigenvalue weighted by Crippen LogP contribution is 2.18. The number of carbonyl (C=O) groups is 1. The smallest absolute Gasteiger partial charge is 0.248 e. The minimum atomic E-state index is -0.483. The Morgan fingerprint density at radius 2 is 1.87 bits per heavy atom. The van der Waals surface area contributed by atoms with E-state index in [-0.39, 0.29) is 0 Å². The molecule has 0 aliphatic heterocycles. The molecule has 156 valence electrons. The van der Waals surface area contributed by atoms with E-state index in [0.29, 0.717) is 23.6 Å². The van der Waals surface area contributed by atoms with Gasteiger partial charge in [-0.3, -0.25) is 14.8 Å². The number of hydrogen-bond acceptors (Lipinski definition) is 5. The molecule has 0 bridgehead atoms. The van der Waals surface area contributed by atoms with E-state index in [1.54, 1.807) is 24.5 Å². The second kappa shape index (κ2) is 11.1. The summed E-state index contributed by atoms with van der Waals surface area (Å²) in [6.45, 7) is 5.90. The van der Waals surface area contributed by atoms with Crippen molar-refractivity contribution in [2.45, 2.75) is 19.8 Å². The maximum atomic E-state index is 11.3. The number of amides is 1. The zero-order chi connectivity index (χ0) is 21.2. The van der Waals surface area contributed by atoms with Gasteiger partial charge in [-0.2, -0.15) is 0 Å². The third-order valence-electron chi connectivity index (χ3n) is 4.94. The van der Waals surface area contributed by atoms with Crippen LogP contribution in [0.25, 0.3) is 11.4 Å². The molecule has 0 unspecified atom stereocenters. The molecular weight excluding hydrogens is 376 g/mol. The van der Waals surface area contributed by atoms with Crippen molar-refractivity contribution in [3.8, 4) is 17.1 Å². The van der Waals surface area contributed by atoms with Crippen molar-refractivity contribution in [1.82, 2.24) is 14.9 Å². The number of nitrogens with two attached hydrogens (primary N) is 1. The van der Waals surface area contributed by atoms with Gasteiger partial charge in [0.25, 0.3) is 0 Å². The van der Waals surface area contributed by atoms with Gasteiger partial charge in [0, 0.05) is 24.8 Å². The van der Waals surface area contributed by atoms with Gasteiger partial charge in [0.2, 0.25) is 5.91 Å². The topological polar surface area (TPSA) is 81.3 Å². The van der Waals surface area contributed by atoms with Crippen molar-refractivity contribution in [2.24, 2.45) is 5.73 Å². The number of likely N-dealkylation sites (N-methyl/N-ethyl adjacent to an activating group) is 1. The summed E-state index contributed by atoms with van der Waals surface area (Å²) in [6.07, 6.45) is 5.25. The number of carbonyl (C=O) groups excluding carboxylic acids is 1. The van der Waals surface area contributed by atoms with E-state index in [1.165, 1.54) is 5.56 Å². The molecule has 3 rings (SSSR count). The molecule has 0 saturated heterocycles. The number of nitrogens with zero attached hydrogens (tertiary/aromatic N) is 3. The molecule has 6 nitrogen and oxygen atoms in total. The summed E-state index contributed by atoms with van der Waals surface area (Å²) in [6, 6.07) is 17.5. The Hall–Kier alpha value is -3.25. The number of rotatable bonds is 11. The zero-order valence-corrected chi connectivity index (χ0v) is 17.3. The highest BCUT2D eigenvalue weighted by atomic mass is 16.5. The SMILES string of the molecule is CCN(CCCOc1ccc(-c2cc(C(N)=O)ccn2)nc1)CCc1ccccc1. The number of ether oxygens (including phenoxy) is 1. The van der Waals surface area contributed by atoms with Crippen molar-refractivity contribution in [2.75, 3.05) is 26.2 Å². The Morgan fingerprint density at radius 3 is 2.57 bits per heavy atom. The van der Waals surface area contributed by atoms with Crippen molar-refractivity contribution in [3.63, 3.8) is 0 Å². The standard InChI is InChI=1S/C24H28N4O2/c1-2-28(15-12-19-7-4-3-5-8-19)14-6-16-30-21-9-10-22(27-18-21)23-17-20(24(25)29)11-13-26-23/h3-5,7-11,13,17-18H,2,6,12,14-16H2,1H3,(H2,25,29). The molecule has 1 amide bonds. The van der Waals surface area contributed by atoms with Crippen LogP contribution >= 0.6 is 0 Å². The summed E-state index contributed by atoms with van der Waals surface area (Å²) in [5, 5.41) is 0. The Bertz CT molecular complexity index is 929. The molecule has 0 aliphatic rings. The minimum Gasteiger partial charge on any atom is -0.492 e. The van der Waals surface area contributed by atoms with Gasteiger partial charge in [-0.1, -0.05) is 37.3 Å². The maximum absolute atomic E-state index is 11.3. The number of aromatic nitrogens is 2. The average Bonchev–Trinajstić information content (AvgIpc) is 2.80. The number of pyridine rings is 2. The van der Waals surface area contributed by atoms with Crippen LogP contribution in [0.15, 0.2) is 67.0 Å². The molecule has 30 heavy (non-hydrogen) atoms. The van der Waals surface area contributed by atoms with Crippen LogP contribution in [0.5, 0.6) is 5.75 Å². The molecular formula is C24H28N4O2. The number of benzene rings is 1. The van der Waals surface area contributed by atoms with Crippen LogP contribution in [-0.2, 0) is 6.42 Å². The van der Waals surface area contributed by atoms with Crippen LogP contribution in [0.1, 0.15) is 29.3 Å². The van der Waals surface area contributed by atoms with E-state index in [1.807, 2.05) is 12.1 Å². The van der Waals surface area contributed by atoms with Gasteiger partial charge in [-0.05, 0) is 49.2 Å². The van der Waals surface area contributed by atoms with Crippen molar-refractivity contribution in [3.05, 3.63) is 78.1 Å². The lowest BCUT2D eigenvalue weighted by atomic mass is 10.1. The first-order valence-electron chi connectivity index (χ1n) is 10.3. The van der Waals surface area contributed by atoms with E-state index in [0.717, 1.165) is 38.2 Å². The molecule has 0 aliphatic carbocycles. The lowest BCUT2D eigenvalue weighted by Crippen LogP contribution is -2.28. The van der Waals surface area contributed by atoms with Gasteiger partial charge in [-0.15, -0.1) is 0 Å². The molecule has 2 heterocycles. The van der Waals surface area contributed by atoms with Crippen LogP contribution in [0.4, 0.5) is 0 Å². The third kappa shape index (κ3) is 6.39. The van der Waals surface area contributed by atoms with Gasteiger partial charge < -0.3 is 15.4 Å². The molecule has 2 N–H and O–H groups in total. The van der Waals surface area contributed by atoms with Crippen LogP contribution in [0.2, 0.25) is 0 Å². The van der Waals surface area contributed by atoms with Crippen LogP contribution < -0.4 is 10.5 Å². The van der Waals surface area contributed by atoms with E-state index >= 15 is 0 Å². The zero-order valence-electron chi connectivity index (χ0n) is 17.3. The predicted octanol–water partition coefficient (Wildman–Crippen LogP) is 3.58. The first-order valence-corrected chi connectivity index (χ1v) is 10.3.